The maximum atomic E-state index is 12.6. The lowest BCUT2D eigenvalue weighted by Crippen LogP contribution is -2.22. The third kappa shape index (κ3) is 4.65. The lowest BCUT2D eigenvalue weighted by Gasteiger charge is -2.10. The van der Waals surface area contributed by atoms with Crippen LogP contribution in [-0.4, -0.2) is 23.6 Å². The van der Waals surface area contributed by atoms with Crippen LogP contribution in [0.15, 0.2) is 60.2 Å². The van der Waals surface area contributed by atoms with E-state index in [1.165, 1.54) is 30.3 Å². The van der Waals surface area contributed by atoms with Crippen molar-refractivity contribution in [2.75, 3.05) is 12.4 Å². The van der Waals surface area contributed by atoms with Gasteiger partial charge in [-0.25, -0.2) is 0 Å². The Bertz CT molecular complexity index is 1200. The molecule has 0 spiro atoms. The van der Waals surface area contributed by atoms with Gasteiger partial charge in [0.25, 0.3) is 5.91 Å². The molecule has 0 aliphatic heterocycles. The number of carboxylic acid groups (broad SMARTS) is 1. The van der Waals surface area contributed by atoms with Crippen molar-refractivity contribution in [1.82, 2.24) is 4.57 Å². The summed E-state index contributed by atoms with van der Waals surface area (Å²) in [5, 5.41) is 22.9. The Balaban J connectivity index is 1.87. The smallest absolute Gasteiger partial charge is 0.266 e. The average molecular weight is 414 g/mol. The van der Waals surface area contributed by atoms with Crippen LogP contribution in [0.25, 0.3) is 11.8 Å². The third-order valence-corrected chi connectivity index (χ3v) is 4.84. The van der Waals surface area contributed by atoms with Crippen LogP contribution in [0.1, 0.15) is 27.3 Å². The number of benzene rings is 2. The summed E-state index contributed by atoms with van der Waals surface area (Å²) in [6.07, 6.45) is 1.53. The summed E-state index contributed by atoms with van der Waals surface area (Å²) < 4.78 is 7.22. The predicted octanol–water partition coefficient (Wildman–Crippen LogP) is 3.01. The molecule has 1 amide bonds. The summed E-state index contributed by atoms with van der Waals surface area (Å²) in [6.45, 7) is 3.86. The van der Waals surface area contributed by atoms with Gasteiger partial charge in [0, 0.05) is 22.8 Å². The Hall–Kier alpha value is -4.31. The number of carbonyl (C=O) groups is 2. The minimum Gasteiger partial charge on any atom is -0.545 e. The molecule has 3 aromatic rings. The third-order valence-electron chi connectivity index (χ3n) is 4.84. The first-order valence-electron chi connectivity index (χ1n) is 9.42. The molecule has 0 saturated carbocycles. The van der Waals surface area contributed by atoms with E-state index in [4.69, 9.17) is 4.74 Å². The maximum absolute atomic E-state index is 12.6. The number of carboxylic acids is 1. The predicted molar refractivity (Wildman–Crippen MR) is 115 cm³/mol. The van der Waals surface area contributed by atoms with Crippen LogP contribution in [0, 0.1) is 25.2 Å². The van der Waals surface area contributed by atoms with Crippen molar-refractivity contribution < 1.29 is 19.4 Å². The van der Waals surface area contributed by atoms with Crippen molar-refractivity contribution in [1.29, 1.82) is 5.26 Å². The number of aromatic carboxylic acids is 1. The van der Waals surface area contributed by atoms with Crippen molar-refractivity contribution in [3.05, 3.63) is 82.7 Å². The van der Waals surface area contributed by atoms with E-state index in [0.29, 0.717) is 5.69 Å². The molecule has 7 heteroatoms. The fraction of sp³-hybridized carbons (Fsp3) is 0.125. The number of amides is 1. The van der Waals surface area contributed by atoms with Crippen LogP contribution in [0.3, 0.4) is 0 Å². The largest absolute Gasteiger partial charge is 0.545 e. The van der Waals surface area contributed by atoms with E-state index in [0.717, 1.165) is 28.4 Å². The van der Waals surface area contributed by atoms with Crippen LogP contribution >= 0.6 is 0 Å². The van der Waals surface area contributed by atoms with Gasteiger partial charge in [-0.15, -0.1) is 0 Å². The van der Waals surface area contributed by atoms with E-state index in [9.17, 15) is 20.0 Å². The van der Waals surface area contributed by atoms with Gasteiger partial charge in [0.05, 0.1) is 13.1 Å². The van der Waals surface area contributed by atoms with Crippen LogP contribution < -0.4 is 15.2 Å². The molecule has 0 atom stereocenters. The minimum absolute atomic E-state index is 0.0000180. The van der Waals surface area contributed by atoms with Gasteiger partial charge in [-0.2, -0.15) is 5.26 Å². The van der Waals surface area contributed by atoms with E-state index < -0.39 is 11.9 Å². The lowest BCUT2D eigenvalue weighted by atomic mass is 10.1. The number of nitriles is 1. The van der Waals surface area contributed by atoms with Gasteiger partial charge in [0.2, 0.25) is 0 Å². The van der Waals surface area contributed by atoms with Crippen molar-refractivity contribution in [3.63, 3.8) is 0 Å². The van der Waals surface area contributed by atoms with Gasteiger partial charge in [-0.1, -0.05) is 12.1 Å². The number of nitrogens with zero attached hydrogens (tertiary/aromatic N) is 2. The van der Waals surface area contributed by atoms with Gasteiger partial charge in [0.1, 0.15) is 17.4 Å². The number of rotatable bonds is 6. The molecule has 0 aliphatic carbocycles. The number of aromatic nitrogens is 1. The number of ether oxygens (including phenoxy) is 1. The van der Waals surface area contributed by atoms with Crippen LogP contribution in [0.2, 0.25) is 0 Å². The summed E-state index contributed by atoms with van der Waals surface area (Å²) in [6, 6.07) is 16.9. The van der Waals surface area contributed by atoms with Gasteiger partial charge < -0.3 is 24.5 Å². The van der Waals surface area contributed by atoms with Crippen molar-refractivity contribution in [2.45, 2.75) is 13.8 Å². The second-order valence-electron chi connectivity index (χ2n) is 6.85. The lowest BCUT2D eigenvalue weighted by molar-refractivity contribution is -0.255. The molecule has 3 rings (SSSR count). The molecule has 0 unspecified atom stereocenters. The van der Waals surface area contributed by atoms with E-state index in [1.807, 2.05) is 54.8 Å². The van der Waals surface area contributed by atoms with E-state index in [-0.39, 0.29) is 11.1 Å². The molecule has 1 N–H and O–H groups in total. The zero-order valence-corrected chi connectivity index (χ0v) is 17.3. The highest BCUT2D eigenvalue weighted by Crippen LogP contribution is 2.24. The topological polar surface area (TPSA) is 107 Å². The normalized spacial score (nSPS) is 11.0. The first-order valence-corrected chi connectivity index (χ1v) is 9.42. The highest BCUT2D eigenvalue weighted by molar-refractivity contribution is 6.09. The minimum atomic E-state index is -1.30. The molecule has 0 aliphatic rings. The Morgan fingerprint density at radius 3 is 2.29 bits per heavy atom. The zero-order chi connectivity index (χ0) is 22.5. The molecular formula is C24H20N3O4-. The number of methoxy groups -OCH3 is 1. The van der Waals surface area contributed by atoms with Crippen LogP contribution in [0.5, 0.6) is 5.75 Å². The number of carbonyl (C=O) groups excluding carboxylic acids is 2. The standard InChI is InChI=1S/C24H21N3O4/c1-15-12-18(16(2)27(15)21-8-10-22(31-3)11-9-21)13-19(14-25)23(28)26-20-6-4-17(5-7-20)24(29)30/h4-13H,1-3H3,(H,26,28)(H,29,30)/p-1/b19-13+. The fourth-order valence-electron chi connectivity index (χ4n) is 3.25. The van der Waals surface area contributed by atoms with Crippen LogP contribution in [-0.2, 0) is 4.79 Å². The monoisotopic (exact) mass is 414 g/mol. The summed E-state index contributed by atoms with van der Waals surface area (Å²) in [7, 11) is 1.61. The number of aryl methyl sites for hydroxylation is 1. The molecule has 31 heavy (non-hydrogen) atoms. The van der Waals surface area contributed by atoms with E-state index >= 15 is 0 Å². The maximum Gasteiger partial charge on any atom is 0.266 e. The molecule has 1 heterocycles. The summed E-state index contributed by atoms with van der Waals surface area (Å²) in [4.78, 5) is 23.4. The Morgan fingerprint density at radius 1 is 1.10 bits per heavy atom. The molecule has 0 fully saturated rings. The highest BCUT2D eigenvalue weighted by atomic mass is 16.5. The summed E-state index contributed by atoms with van der Waals surface area (Å²) in [5.74, 6) is -1.14. The molecule has 7 nitrogen and oxygen atoms in total. The molecule has 0 bridgehead atoms. The first-order chi connectivity index (χ1) is 14.8. The molecule has 0 saturated heterocycles. The molecule has 2 aromatic carbocycles. The second kappa shape index (κ2) is 9.01. The van der Waals surface area contributed by atoms with Gasteiger partial charge in [0.15, 0.2) is 0 Å². The SMILES string of the molecule is COc1ccc(-n2c(C)cc(/C=C(\C#N)C(=O)Nc3ccc(C(=O)[O-])cc3)c2C)cc1. The Labute approximate surface area is 179 Å². The Morgan fingerprint density at radius 2 is 1.74 bits per heavy atom. The number of anilines is 1. The zero-order valence-electron chi connectivity index (χ0n) is 17.3. The summed E-state index contributed by atoms with van der Waals surface area (Å²) in [5.41, 5.74) is 3.81. The highest BCUT2D eigenvalue weighted by Gasteiger charge is 2.14. The number of hydrogen-bond acceptors (Lipinski definition) is 5. The average Bonchev–Trinajstić information content (AvgIpc) is 3.05. The van der Waals surface area contributed by atoms with Crippen molar-refractivity contribution in [2.24, 2.45) is 0 Å². The van der Waals surface area contributed by atoms with Crippen molar-refractivity contribution >= 4 is 23.6 Å². The van der Waals surface area contributed by atoms with Crippen LogP contribution in [0.4, 0.5) is 5.69 Å². The second-order valence-corrected chi connectivity index (χ2v) is 6.85. The first kappa shape index (κ1) is 21.4. The molecule has 156 valence electrons. The number of hydrogen-bond donors (Lipinski definition) is 1. The van der Waals surface area contributed by atoms with Crippen molar-refractivity contribution in [3.8, 4) is 17.5 Å². The Kier molecular flexibility index (Phi) is 6.22. The van der Waals surface area contributed by atoms with Gasteiger partial charge in [-0.05, 0) is 73.5 Å². The fourth-order valence-corrected chi connectivity index (χ4v) is 3.25. The molecule has 0 radical (unpaired) electrons. The number of nitrogens with one attached hydrogen (secondary N) is 1. The molecular weight excluding hydrogens is 394 g/mol. The van der Waals surface area contributed by atoms with E-state index in [2.05, 4.69) is 5.32 Å². The van der Waals surface area contributed by atoms with E-state index in [1.54, 1.807) is 7.11 Å². The van der Waals surface area contributed by atoms with Gasteiger partial charge in [-0.3, -0.25) is 4.79 Å². The summed E-state index contributed by atoms with van der Waals surface area (Å²) >= 11 is 0. The molecule has 1 aromatic heterocycles. The quantitative estimate of drug-likeness (QED) is 0.493. The van der Waals surface area contributed by atoms with Gasteiger partial charge >= 0.3 is 0 Å².